The van der Waals surface area contributed by atoms with E-state index in [9.17, 15) is 4.79 Å². The maximum Gasteiger partial charge on any atom is 0.210 e. The Kier molecular flexibility index (Phi) is 3.89. The lowest BCUT2D eigenvalue weighted by atomic mass is 10.1. The van der Waals surface area contributed by atoms with Gasteiger partial charge < -0.3 is 0 Å². The standard InChI is InChI=1S/C13H13BrN4OS/c1-8(12(19)9-2-4-10(14)5-3-9)20-13-15-16-17-18(13)11-6-7-11/h2-5,8,11H,6-7H2,1H3. The molecule has 0 radical (unpaired) electrons. The average molecular weight is 353 g/mol. The van der Waals surface area contributed by atoms with Crippen molar-refractivity contribution in [1.82, 2.24) is 20.2 Å². The number of hydrogen-bond acceptors (Lipinski definition) is 5. The Morgan fingerprint density at radius 1 is 1.40 bits per heavy atom. The normalized spacial score (nSPS) is 16.1. The summed E-state index contributed by atoms with van der Waals surface area (Å²) in [4.78, 5) is 12.4. The summed E-state index contributed by atoms with van der Waals surface area (Å²) < 4.78 is 2.79. The molecule has 104 valence electrons. The van der Waals surface area contributed by atoms with Crippen molar-refractivity contribution >= 4 is 33.5 Å². The molecule has 1 aliphatic carbocycles. The molecule has 1 heterocycles. The number of halogens is 1. The molecule has 0 N–H and O–H groups in total. The first kappa shape index (κ1) is 13.8. The maximum atomic E-state index is 12.4. The third kappa shape index (κ3) is 2.93. The zero-order chi connectivity index (χ0) is 14.1. The second kappa shape index (κ2) is 5.65. The molecule has 5 nitrogen and oxygen atoms in total. The van der Waals surface area contributed by atoms with Gasteiger partial charge in [-0.25, -0.2) is 4.68 Å². The van der Waals surface area contributed by atoms with E-state index < -0.39 is 0 Å². The first-order valence-corrected chi connectivity index (χ1v) is 8.06. The zero-order valence-corrected chi connectivity index (χ0v) is 13.3. The Morgan fingerprint density at radius 2 is 2.10 bits per heavy atom. The van der Waals surface area contributed by atoms with Gasteiger partial charge in [0.25, 0.3) is 0 Å². The molecule has 0 bridgehead atoms. The lowest BCUT2D eigenvalue weighted by Gasteiger charge is -2.09. The number of carbonyl (C=O) groups excluding carboxylic acids is 1. The highest BCUT2D eigenvalue weighted by molar-refractivity contribution is 9.10. The van der Waals surface area contributed by atoms with Crippen LogP contribution in [0.5, 0.6) is 0 Å². The van der Waals surface area contributed by atoms with Crippen molar-refractivity contribution in [3.05, 3.63) is 34.3 Å². The minimum absolute atomic E-state index is 0.0906. The van der Waals surface area contributed by atoms with E-state index in [2.05, 4.69) is 31.5 Å². The second-order valence-electron chi connectivity index (χ2n) is 4.77. The summed E-state index contributed by atoms with van der Waals surface area (Å²) in [6.07, 6.45) is 2.24. The number of nitrogens with zero attached hydrogens (tertiary/aromatic N) is 4. The Balaban J connectivity index is 1.72. The van der Waals surface area contributed by atoms with Crippen molar-refractivity contribution < 1.29 is 4.79 Å². The number of hydrogen-bond donors (Lipinski definition) is 0. The fourth-order valence-corrected chi connectivity index (χ4v) is 3.07. The lowest BCUT2D eigenvalue weighted by Crippen LogP contribution is -2.14. The molecule has 0 saturated heterocycles. The Bertz CT molecular complexity index is 624. The highest BCUT2D eigenvalue weighted by Crippen LogP contribution is 2.37. The number of carbonyl (C=O) groups is 1. The third-order valence-electron chi connectivity index (χ3n) is 3.14. The minimum atomic E-state index is -0.209. The maximum absolute atomic E-state index is 12.4. The van der Waals surface area contributed by atoms with E-state index in [1.165, 1.54) is 11.8 Å². The molecular weight excluding hydrogens is 340 g/mol. The number of aromatic nitrogens is 4. The highest BCUT2D eigenvalue weighted by atomic mass is 79.9. The van der Waals surface area contributed by atoms with Gasteiger partial charge >= 0.3 is 0 Å². The SMILES string of the molecule is CC(Sc1nnnn1C1CC1)C(=O)c1ccc(Br)cc1. The van der Waals surface area contributed by atoms with Crippen molar-refractivity contribution in [3.8, 4) is 0 Å². The number of ketones is 1. The summed E-state index contributed by atoms with van der Waals surface area (Å²) >= 11 is 4.78. The van der Waals surface area contributed by atoms with Crippen LogP contribution in [0.2, 0.25) is 0 Å². The van der Waals surface area contributed by atoms with Gasteiger partial charge in [0.1, 0.15) is 0 Å². The molecule has 1 aromatic heterocycles. The number of rotatable bonds is 5. The molecule has 1 aliphatic rings. The van der Waals surface area contributed by atoms with Gasteiger partial charge in [0.2, 0.25) is 5.16 Å². The van der Waals surface area contributed by atoms with Gasteiger partial charge in [0.15, 0.2) is 5.78 Å². The van der Waals surface area contributed by atoms with Crippen molar-refractivity contribution in [1.29, 1.82) is 0 Å². The zero-order valence-electron chi connectivity index (χ0n) is 10.9. The summed E-state index contributed by atoms with van der Waals surface area (Å²) in [6, 6.07) is 7.82. The molecule has 7 heteroatoms. The summed E-state index contributed by atoms with van der Waals surface area (Å²) in [7, 11) is 0. The van der Waals surface area contributed by atoms with Crippen LogP contribution < -0.4 is 0 Å². The van der Waals surface area contributed by atoms with E-state index in [-0.39, 0.29) is 11.0 Å². The summed E-state index contributed by atoms with van der Waals surface area (Å²) in [6.45, 7) is 1.89. The lowest BCUT2D eigenvalue weighted by molar-refractivity contribution is 0.0994. The van der Waals surface area contributed by atoms with Crippen LogP contribution in [0.4, 0.5) is 0 Å². The fraction of sp³-hybridized carbons (Fsp3) is 0.385. The molecule has 1 saturated carbocycles. The topological polar surface area (TPSA) is 60.7 Å². The summed E-state index contributed by atoms with van der Waals surface area (Å²) in [5, 5.41) is 12.2. The molecule has 1 aromatic carbocycles. The van der Waals surface area contributed by atoms with E-state index in [1.54, 1.807) is 0 Å². The van der Waals surface area contributed by atoms with Crippen LogP contribution in [-0.4, -0.2) is 31.2 Å². The van der Waals surface area contributed by atoms with Crippen molar-refractivity contribution in [2.24, 2.45) is 0 Å². The van der Waals surface area contributed by atoms with E-state index in [1.807, 2.05) is 35.9 Å². The van der Waals surface area contributed by atoms with Gasteiger partial charge in [-0.3, -0.25) is 4.79 Å². The van der Waals surface area contributed by atoms with Crippen LogP contribution in [0.25, 0.3) is 0 Å². The van der Waals surface area contributed by atoms with E-state index in [4.69, 9.17) is 0 Å². The summed E-state index contributed by atoms with van der Waals surface area (Å²) in [5.41, 5.74) is 0.707. The van der Waals surface area contributed by atoms with Crippen LogP contribution in [0, 0.1) is 0 Å². The molecule has 1 unspecified atom stereocenters. The van der Waals surface area contributed by atoms with Crippen LogP contribution in [0.1, 0.15) is 36.2 Å². The first-order chi connectivity index (χ1) is 9.65. The minimum Gasteiger partial charge on any atom is -0.293 e. The second-order valence-corrected chi connectivity index (χ2v) is 6.99. The largest absolute Gasteiger partial charge is 0.293 e. The Morgan fingerprint density at radius 3 is 2.75 bits per heavy atom. The Labute approximate surface area is 129 Å². The number of tetrazole rings is 1. The van der Waals surface area contributed by atoms with Crippen LogP contribution in [0.3, 0.4) is 0 Å². The average Bonchev–Trinajstić information content (AvgIpc) is 3.19. The van der Waals surface area contributed by atoms with Gasteiger partial charge in [-0.15, -0.1) is 5.10 Å². The van der Waals surface area contributed by atoms with Crippen LogP contribution >= 0.6 is 27.7 Å². The molecular formula is C13H13BrN4OS. The van der Waals surface area contributed by atoms with Crippen LogP contribution in [0.15, 0.2) is 33.9 Å². The molecule has 1 fully saturated rings. The van der Waals surface area contributed by atoms with E-state index in [0.29, 0.717) is 11.6 Å². The first-order valence-electron chi connectivity index (χ1n) is 6.39. The Hall–Kier alpha value is -1.21. The predicted molar refractivity (Wildman–Crippen MR) is 79.9 cm³/mol. The number of benzene rings is 1. The molecule has 0 amide bonds. The number of Topliss-reactive ketones (excluding diaryl/α,β-unsaturated/α-hetero) is 1. The van der Waals surface area contributed by atoms with Crippen molar-refractivity contribution in [2.75, 3.05) is 0 Å². The predicted octanol–water partition coefficient (Wildman–Crippen LogP) is 3.13. The third-order valence-corrected chi connectivity index (χ3v) is 4.71. The smallest absolute Gasteiger partial charge is 0.210 e. The van der Waals surface area contributed by atoms with Gasteiger partial charge in [0, 0.05) is 10.0 Å². The van der Waals surface area contributed by atoms with Gasteiger partial charge in [-0.1, -0.05) is 39.8 Å². The quantitative estimate of drug-likeness (QED) is 0.611. The van der Waals surface area contributed by atoms with Crippen molar-refractivity contribution in [2.45, 2.75) is 36.2 Å². The monoisotopic (exact) mass is 352 g/mol. The van der Waals surface area contributed by atoms with Crippen LogP contribution in [-0.2, 0) is 0 Å². The molecule has 0 spiro atoms. The molecule has 3 rings (SSSR count). The molecule has 20 heavy (non-hydrogen) atoms. The number of thioether (sulfide) groups is 1. The summed E-state index contributed by atoms with van der Waals surface area (Å²) in [5.74, 6) is 0.0906. The highest BCUT2D eigenvalue weighted by Gasteiger charge is 2.29. The molecule has 0 aliphatic heterocycles. The molecule has 1 atom stereocenters. The van der Waals surface area contributed by atoms with E-state index >= 15 is 0 Å². The van der Waals surface area contributed by atoms with Gasteiger partial charge in [-0.05, 0) is 42.3 Å². The van der Waals surface area contributed by atoms with Gasteiger partial charge in [0.05, 0.1) is 11.3 Å². The van der Waals surface area contributed by atoms with Crippen molar-refractivity contribution in [3.63, 3.8) is 0 Å². The molecule has 2 aromatic rings. The fourth-order valence-electron chi connectivity index (χ4n) is 1.87. The van der Waals surface area contributed by atoms with Gasteiger partial charge in [-0.2, -0.15) is 0 Å². The van der Waals surface area contributed by atoms with E-state index in [0.717, 1.165) is 22.5 Å².